The van der Waals surface area contributed by atoms with Crippen molar-refractivity contribution >= 4 is 45.8 Å². The highest BCUT2D eigenvalue weighted by Crippen LogP contribution is 2.41. The molecule has 0 saturated heterocycles. The molecule has 24 heavy (non-hydrogen) atoms. The molecule has 0 atom stereocenters. The zero-order valence-corrected chi connectivity index (χ0v) is 15.1. The molecule has 1 aromatic heterocycles. The van der Waals surface area contributed by atoms with Gasteiger partial charge < -0.3 is 5.32 Å². The molecule has 0 radical (unpaired) electrons. The third kappa shape index (κ3) is 3.13. The maximum Gasteiger partial charge on any atom is 0.416 e. The van der Waals surface area contributed by atoms with Crippen molar-refractivity contribution < 1.29 is 18.0 Å². The van der Waals surface area contributed by atoms with Gasteiger partial charge in [-0.2, -0.15) is 18.3 Å². The second-order valence-electron chi connectivity index (χ2n) is 5.63. The van der Waals surface area contributed by atoms with Crippen molar-refractivity contribution in [1.29, 1.82) is 0 Å². The molecule has 3 rings (SSSR count). The van der Waals surface area contributed by atoms with Gasteiger partial charge in [0.2, 0.25) is 0 Å². The normalized spacial score (nSPS) is 16.5. The van der Waals surface area contributed by atoms with Gasteiger partial charge >= 0.3 is 6.18 Å². The topological polar surface area (TPSA) is 46.9 Å². The predicted octanol–water partition coefficient (Wildman–Crippen LogP) is 4.68. The summed E-state index contributed by atoms with van der Waals surface area (Å²) in [6, 6.07) is 2.87. The van der Waals surface area contributed by atoms with Gasteiger partial charge in [0.15, 0.2) is 0 Å². The number of rotatable bonds is 3. The highest BCUT2D eigenvalue weighted by atomic mass is 127. The molecular formula is C15H12ClF3IN3O. The summed E-state index contributed by atoms with van der Waals surface area (Å²) >= 11 is 8.00. The van der Waals surface area contributed by atoms with E-state index in [-0.39, 0.29) is 16.6 Å². The number of nitrogens with zero attached hydrogens (tertiary/aromatic N) is 2. The molecule has 9 heteroatoms. The molecule has 0 unspecified atom stereocenters. The Bertz CT molecular complexity index is 787. The minimum absolute atomic E-state index is 0.150. The van der Waals surface area contributed by atoms with Gasteiger partial charge in [-0.3, -0.25) is 9.48 Å². The van der Waals surface area contributed by atoms with Crippen molar-refractivity contribution in [2.45, 2.75) is 31.0 Å². The second kappa shape index (κ2) is 6.21. The van der Waals surface area contributed by atoms with Gasteiger partial charge in [0.05, 0.1) is 26.0 Å². The van der Waals surface area contributed by atoms with Gasteiger partial charge in [0.1, 0.15) is 5.54 Å². The SMILES string of the molecule is O=C(Nc1ccc(C(F)(F)F)cc1Cl)C1(n2cc(I)cn2)CCC1. The summed E-state index contributed by atoms with van der Waals surface area (Å²) in [4.78, 5) is 12.7. The quantitative estimate of drug-likeness (QED) is 0.664. The van der Waals surface area contributed by atoms with E-state index in [0.717, 1.165) is 22.1 Å². The van der Waals surface area contributed by atoms with E-state index in [2.05, 4.69) is 33.0 Å². The minimum Gasteiger partial charge on any atom is -0.323 e. The molecule has 4 nitrogen and oxygen atoms in total. The number of anilines is 1. The molecule has 128 valence electrons. The Labute approximate surface area is 154 Å². The molecule has 1 saturated carbocycles. The number of aromatic nitrogens is 2. The van der Waals surface area contributed by atoms with Gasteiger partial charge in [0, 0.05) is 6.20 Å². The third-order valence-corrected chi connectivity index (χ3v) is 5.01. The van der Waals surface area contributed by atoms with E-state index in [4.69, 9.17) is 11.6 Å². The van der Waals surface area contributed by atoms with Crippen LogP contribution in [0.3, 0.4) is 0 Å². The van der Waals surface area contributed by atoms with E-state index in [9.17, 15) is 18.0 Å². The van der Waals surface area contributed by atoms with Gasteiger partial charge in [-0.1, -0.05) is 11.6 Å². The summed E-state index contributed by atoms with van der Waals surface area (Å²) in [5, 5.41) is 6.70. The molecule has 0 spiro atoms. The monoisotopic (exact) mass is 469 g/mol. The van der Waals surface area contributed by atoms with E-state index in [1.54, 1.807) is 17.1 Å². The van der Waals surface area contributed by atoms with E-state index in [1.165, 1.54) is 6.07 Å². The van der Waals surface area contributed by atoms with Crippen LogP contribution in [0.2, 0.25) is 5.02 Å². The highest BCUT2D eigenvalue weighted by Gasteiger charge is 2.47. The standard InChI is InChI=1S/C15H12ClF3IN3O/c16-11-6-9(15(17,18)19)2-3-12(11)22-13(24)14(4-1-5-14)23-8-10(20)7-21-23/h2-3,6-8H,1,4-5H2,(H,22,24). The molecule has 1 N–H and O–H groups in total. The van der Waals surface area contributed by atoms with Gasteiger partial charge in [-0.25, -0.2) is 0 Å². The fourth-order valence-corrected chi connectivity index (χ4v) is 3.25. The van der Waals surface area contributed by atoms with Gasteiger partial charge in [-0.05, 0) is 60.1 Å². The van der Waals surface area contributed by atoms with Crippen molar-refractivity contribution in [3.05, 3.63) is 44.7 Å². The van der Waals surface area contributed by atoms with Crippen LogP contribution in [0.4, 0.5) is 18.9 Å². The molecule has 1 aliphatic carbocycles. The first-order valence-corrected chi connectivity index (χ1v) is 8.57. The number of hydrogen-bond acceptors (Lipinski definition) is 2. The maximum absolute atomic E-state index is 12.7. The number of carbonyl (C=O) groups is 1. The average Bonchev–Trinajstić information content (AvgIpc) is 2.85. The Morgan fingerprint density at radius 1 is 1.38 bits per heavy atom. The van der Waals surface area contributed by atoms with Crippen LogP contribution in [0.5, 0.6) is 0 Å². The van der Waals surface area contributed by atoms with E-state index >= 15 is 0 Å². The fraction of sp³-hybridized carbons (Fsp3) is 0.333. The highest BCUT2D eigenvalue weighted by molar-refractivity contribution is 14.1. The summed E-state index contributed by atoms with van der Waals surface area (Å²) in [6.45, 7) is 0. The van der Waals surface area contributed by atoms with Crippen LogP contribution < -0.4 is 5.32 Å². The lowest BCUT2D eigenvalue weighted by atomic mass is 9.76. The Hall–Kier alpha value is -1.29. The van der Waals surface area contributed by atoms with Crippen molar-refractivity contribution in [2.24, 2.45) is 0 Å². The van der Waals surface area contributed by atoms with Crippen LogP contribution in [-0.4, -0.2) is 15.7 Å². The number of hydrogen-bond donors (Lipinski definition) is 1. The van der Waals surface area contributed by atoms with Gasteiger partial charge in [0.25, 0.3) is 5.91 Å². The number of alkyl halides is 3. The molecule has 0 bridgehead atoms. The van der Waals surface area contributed by atoms with Crippen LogP contribution in [0.1, 0.15) is 24.8 Å². The number of benzene rings is 1. The van der Waals surface area contributed by atoms with E-state index in [0.29, 0.717) is 12.8 Å². The summed E-state index contributed by atoms with van der Waals surface area (Å²) in [7, 11) is 0. The fourth-order valence-electron chi connectivity index (χ4n) is 2.64. The predicted molar refractivity (Wildman–Crippen MR) is 91.9 cm³/mol. The van der Waals surface area contributed by atoms with Crippen molar-refractivity contribution in [1.82, 2.24) is 9.78 Å². The Morgan fingerprint density at radius 3 is 2.54 bits per heavy atom. The van der Waals surface area contributed by atoms with E-state index in [1.807, 2.05) is 0 Å². The third-order valence-electron chi connectivity index (χ3n) is 4.14. The molecule has 1 amide bonds. The lowest BCUT2D eigenvalue weighted by Gasteiger charge is -2.40. The van der Waals surface area contributed by atoms with Crippen LogP contribution in [-0.2, 0) is 16.5 Å². The Kier molecular flexibility index (Phi) is 4.54. The number of carbonyl (C=O) groups excluding carboxylic acids is 1. The van der Waals surface area contributed by atoms with Crippen LogP contribution in [0, 0.1) is 3.57 Å². The van der Waals surface area contributed by atoms with Crippen LogP contribution in [0.25, 0.3) is 0 Å². The van der Waals surface area contributed by atoms with Crippen molar-refractivity contribution in [3.8, 4) is 0 Å². The first-order valence-electron chi connectivity index (χ1n) is 7.11. The average molecular weight is 470 g/mol. The molecule has 1 aromatic carbocycles. The zero-order valence-electron chi connectivity index (χ0n) is 12.2. The number of amides is 1. The van der Waals surface area contributed by atoms with Crippen LogP contribution >= 0.6 is 34.2 Å². The maximum atomic E-state index is 12.7. The second-order valence-corrected chi connectivity index (χ2v) is 7.29. The lowest BCUT2D eigenvalue weighted by Crippen LogP contribution is -2.51. The molecular weight excluding hydrogens is 458 g/mol. The number of nitrogens with one attached hydrogen (secondary N) is 1. The molecule has 1 aliphatic rings. The Balaban J connectivity index is 1.84. The molecule has 1 fully saturated rings. The summed E-state index contributed by atoms with van der Waals surface area (Å²) in [5.41, 5.74) is -1.51. The molecule has 0 aliphatic heterocycles. The van der Waals surface area contributed by atoms with E-state index < -0.39 is 17.3 Å². The molecule has 1 heterocycles. The Morgan fingerprint density at radius 2 is 2.08 bits per heavy atom. The first-order chi connectivity index (χ1) is 11.2. The minimum atomic E-state index is -4.48. The van der Waals surface area contributed by atoms with Crippen molar-refractivity contribution in [3.63, 3.8) is 0 Å². The largest absolute Gasteiger partial charge is 0.416 e. The molecule has 2 aromatic rings. The lowest BCUT2D eigenvalue weighted by molar-refractivity contribution is -0.137. The number of halogens is 5. The summed E-state index contributed by atoms with van der Waals surface area (Å²) in [6.07, 6.45) is 1.06. The smallest absolute Gasteiger partial charge is 0.323 e. The first kappa shape index (κ1) is 17.5. The van der Waals surface area contributed by atoms with Gasteiger partial charge in [-0.15, -0.1) is 0 Å². The summed E-state index contributed by atoms with van der Waals surface area (Å²) < 4.78 is 40.6. The zero-order chi connectivity index (χ0) is 17.5. The van der Waals surface area contributed by atoms with Crippen LogP contribution in [0.15, 0.2) is 30.6 Å². The van der Waals surface area contributed by atoms with Crippen molar-refractivity contribution in [2.75, 3.05) is 5.32 Å². The summed E-state index contributed by atoms with van der Waals surface area (Å²) in [5.74, 6) is -0.324.